The molecule has 0 saturated carbocycles. The van der Waals surface area contributed by atoms with Crippen molar-refractivity contribution >= 4 is 24.2 Å². The van der Waals surface area contributed by atoms with Gasteiger partial charge < -0.3 is 29.3 Å². The zero-order valence-electron chi connectivity index (χ0n) is 18.5. The van der Waals surface area contributed by atoms with Crippen LogP contribution in [-0.4, -0.2) is 42.4 Å². The van der Waals surface area contributed by atoms with Crippen molar-refractivity contribution < 1.29 is 28.7 Å². The predicted octanol–water partition coefficient (Wildman–Crippen LogP) is 3.28. The minimum Gasteiger partial charge on any atom is -0.464 e. The number of rotatable bonds is 6. The molecule has 1 aromatic heterocycles. The van der Waals surface area contributed by atoms with Crippen LogP contribution >= 0.6 is 0 Å². The highest BCUT2D eigenvalue weighted by Gasteiger charge is 2.40. The fourth-order valence-corrected chi connectivity index (χ4v) is 5.22. The molecule has 0 bridgehead atoms. The number of nitrogens with one attached hydrogen (secondary N) is 1. The average molecular weight is 449 g/mol. The molecule has 1 amide bonds. The molecule has 0 radical (unpaired) electrons. The maximum atomic E-state index is 12.5. The van der Waals surface area contributed by atoms with E-state index in [1.807, 2.05) is 30.3 Å². The Balaban J connectivity index is 1.22. The summed E-state index contributed by atoms with van der Waals surface area (Å²) in [5.41, 5.74) is 5.34. The van der Waals surface area contributed by atoms with Crippen LogP contribution in [-0.2, 0) is 34.3 Å². The van der Waals surface area contributed by atoms with Gasteiger partial charge in [0.15, 0.2) is 0 Å². The predicted molar refractivity (Wildman–Crippen MR) is 124 cm³/mol. The molecule has 172 valence electrons. The highest BCUT2D eigenvalue weighted by molar-refractivity contribution is 6.43. The Morgan fingerprint density at radius 1 is 1.15 bits per heavy atom. The summed E-state index contributed by atoms with van der Waals surface area (Å²) in [6, 6.07) is 13.8. The normalized spacial score (nSPS) is 17.6. The van der Waals surface area contributed by atoms with Crippen LogP contribution in [0.3, 0.4) is 0 Å². The van der Waals surface area contributed by atoms with E-state index in [2.05, 4.69) is 17.4 Å². The Labute approximate surface area is 192 Å². The summed E-state index contributed by atoms with van der Waals surface area (Å²) >= 11 is 0. The van der Waals surface area contributed by atoms with E-state index >= 15 is 0 Å². The van der Waals surface area contributed by atoms with Crippen molar-refractivity contribution in [1.29, 1.82) is 0 Å². The molecule has 33 heavy (non-hydrogen) atoms. The molecule has 7 nitrogen and oxygen atoms in total. The molecule has 3 N–H and O–H groups in total. The first kappa shape index (κ1) is 22.0. The molecule has 2 aliphatic rings. The summed E-state index contributed by atoms with van der Waals surface area (Å²) in [5, 5.41) is 23.1. The maximum Gasteiger partial charge on any atom is 0.475 e. The molecule has 1 fully saturated rings. The number of alkyl carbamates (subject to hydrolysis) is 1. The minimum absolute atomic E-state index is 0.120. The molecule has 5 rings (SSSR count). The smallest absolute Gasteiger partial charge is 0.464 e. The number of para-hydroxylation sites is 1. The lowest BCUT2D eigenvalue weighted by molar-refractivity contribution is 0.0506. The lowest BCUT2D eigenvalue weighted by Gasteiger charge is -2.34. The summed E-state index contributed by atoms with van der Waals surface area (Å²) in [6.07, 6.45) is 5.37. The number of carbonyl (C=O) groups is 1. The van der Waals surface area contributed by atoms with Crippen LogP contribution in [0, 0.1) is 0 Å². The Kier molecular flexibility index (Phi) is 6.14. The Morgan fingerprint density at radius 3 is 2.79 bits per heavy atom. The lowest BCUT2D eigenvalue weighted by atomic mass is 9.75. The molecule has 8 heteroatoms. The SMILES string of the molecule is O=C(N[C@@H](Cc1coc2ccccc12)B(O)O)OCc1ccc2c(c1)C1(CCOCC1)CC2. The van der Waals surface area contributed by atoms with E-state index in [0.717, 1.165) is 55.4 Å². The Bertz CT molecular complexity index is 1130. The summed E-state index contributed by atoms with van der Waals surface area (Å²) in [4.78, 5) is 12.5. The van der Waals surface area contributed by atoms with E-state index in [1.54, 1.807) is 6.26 Å². The molecule has 1 spiro atoms. The number of hydrogen-bond donors (Lipinski definition) is 3. The maximum absolute atomic E-state index is 12.5. The topological polar surface area (TPSA) is 101 Å². The van der Waals surface area contributed by atoms with E-state index in [1.165, 1.54) is 11.1 Å². The number of benzene rings is 2. The van der Waals surface area contributed by atoms with Gasteiger partial charge in [0.25, 0.3) is 0 Å². The zero-order chi connectivity index (χ0) is 22.8. The van der Waals surface area contributed by atoms with Crippen LogP contribution in [0.1, 0.15) is 41.5 Å². The van der Waals surface area contributed by atoms with Crippen molar-refractivity contribution in [1.82, 2.24) is 5.32 Å². The monoisotopic (exact) mass is 449 g/mol. The van der Waals surface area contributed by atoms with E-state index in [-0.39, 0.29) is 18.4 Å². The molecule has 3 aromatic rings. The van der Waals surface area contributed by atoms with Gasteiger partial charge in [-0.05, 0) is 60.4 Å². The lowest BCUT2D eigenvalue weighted by Crippen LogP contribution is -2.48. The van der Waals surface area contributed by atoms with E-state index in [9.17, 15) is 14.8 Å². The fourth-order valence-electron chi connectivity index (χ4n) is 5.22. The molecule has 1 aliphatic carbocycles. The second-order valence-corrected chi connectivity index (χ2v) is 9.09. The molecule has 2 aromatic carbocycles. The average Bonchev–Trinajstić information content (AvgIpc) is 3.39. The third kappa shape index (κ3) is 4.51. The van der Waals surface area contributed by atoms with Gasteiger partial charge in [0.05, 0.1) is 12.2 Å². The van der Waals surface area contributed by atoms with E-state index in [0.29, 0.717) is 5.58 Å². The van der Waals surface area contributed by atoms with E-state index in [4.69, 9.17) is 13.9 Å². The van der Waals surface area contributed by atoms with Gasteiger partial charge >= 0.3 is 13.2 Å². The first-order valence-electron chi connectivity index (χ1n) is 11.5. The van der Waals surface area contributed by atoms with Crippen LogP contribution in [0.25, 0.3) is 11.0 Å². The van der Waals surface area contributed by atoms with Crippen molar-refractivity contribution in [3.63, 3.8) is 0 Å². The van der Waals surface area contributed by atoms with Crippen molar-refractivity contribution in [3.8, 4) is 0 Å². The number of hydrogen-bond acceptors (Lipinski definition) is 6. The molecule has 2 heterocycles. The number of fused-ring (bicyclic) bond motifs is 3. The van der Waals surface area contributed by atoms with Gasteiger partial charge in [0.2, 0.25) is 0 Å². The van der Waals surface area contributed by atoms with Gasteiger partial charge in [-0.25, -0.2) is 4.79 Å². The summed E-state index contributed by atoms with van der Waals surface area (Å²) in [6.45, 7) is 1.70. The third-order valence-corrected chi connectivity index (χ3v) is 7.10. The zero-order valence-corrected chi connectivity index (χ0v) is 18.5. The van der Waals surface area contributed by atoms with Gasteiger partial charge in [0.1, 0.15) is 12.2 Å². The van der Waals surface area contributed by atoms with Crippen molar-refractivity contribution in [3.05, 3.63) is 71.0 Å². The summed E-state index contributed by atoms with van der Waals surface area (Å²) in [5.74, 6) is -0.927. The first-order valence-corrected chi connectivity index (χ1v) is 11.5. The number of amides is 1. The standard InChI is InChI=1S/C25H28BNO6/c28-24(27-23(26(29)30)14-19-16-32-22-4-2-1-3-20(19)22)33-15-17-5-6-18-7-8-25(21(18)13-17)9-11-31-12-10-25/h1-6,13,16,23,29-30H,7-12,14-15H2,(H,27,28)/t23-/m0/s1. The number of furan rings is 1. The molecule has 1 saturated heterocycles. The Hall–Kier alpha value is -2.81. The highest BCUT2D eigenvalue weighted by atomic mass is 16.5. The first-order chi connectivity index (χ1) is 16.0. The second kappa shape index (κ2) is 9.21. The fraction of sp³-hybridized carbons (Fsp3) is 0.400. The van der Waals surface area contributed by atoms with Crippen molar-refractivity contribution in [2.24, 2.45) is 0 Å². The van der Waals surface area contributed by atoms with Crippen LogP contribution in [0.15, 0.2) is 53.1 Å². The van der Waals surface area contributed by atoms with Crippen molar-refractivity contribution in [2.45, 2.75) is 50.1 Å². The molecule has 1 aliphatic heterocycles. The number of ether oxygens (including phenoxy) is 2. The Morgan fingerprint density at radius 2 is 1.97 bits per heavy atom. The van der Waals surface area contributed by atoms with Gasteiger partial charge in [-0.1, -0.05) is 36.4 Å². The quantitative estimate of drug-likeness (QED) is 0.500. The third-order valence-electron chi connectivity index (χ3n) is 7.10. The van der Waals surface area contributed by atoms with Crippen LogP contribution in [0.4, 0.5) is 4.79 Å². The van der Waals surface area contributed by atoms with Gasteiger partial charge in [0, 0.05) is 24.0 Å². The molecule has 1 atom stereocenters. The highest BCUT2D eigenvalue weighted by Crippen LogP contribution is 2.46. The largest absolute Gasteiger partial charge is 0.475 e. The summed E-state index contributed by atoms with van der Waals surface area (Å²) < 4.78 is 16.5. The number of carbonyl (C=O) groups excluding carboxylic acids is 1. The van der Waals surface area contributed by atoms with Gasteiger partial charge in [-0.2, -0.15) is 0 Å². The minimum atomic E-state index is -1.74. The second-order valence-electron chi connectivity index (χ2n) is 9.09. The summed E-state index contributed by atoms with van der Waals surface area (Å²) in [7, 11) is -1.74. The van der Waals surface area contributed by atoms with Gasteiger partial charge in [-0.15, -0.1) is 0 Å². The van der Waals surface area contributed by atoms with Crippen molar-refractivity contribution in [2.75, 3.05) is 13.2 Å². The number of aryl methyl sites for hydroxylation is 1. The molecule has 0 unspecified atom stereocenters. The molecular formula is C25H28BNO6. The molecular weight excluding hydrogens is 421 g/mol. The van der Waals surface area contributed by atoms with Crippen LogP contribution in [0.2, 0.25) is 0 Å². The van der Waals surface area contributed by atoms with E-state index < -0.39 is 19.2 Å². The van der Waals surface area contributed by atoms with Gasteiger partial charge in [-0.3, -0.25) is 0 Å². The van der Waals surface area contributed by atoms with Crippen LogP contribution < -0.4 is 5.32 Å². The van der Waals surface area contributed by atoms with Crippen LogP contribution in [0.5, 0.6) is 0 Å².